The quantitative estimate of drug-likeness (QED) is 0.453. The Morgan fingerprint density at radius 1 is 0.724 bits per heavy atom. The molecule has 0 fully saturated rings. The molecule has 2 heterocycles. The number of hydrogen-bond donors (Lipinski definition) is 1. The fraction of sp³-hybridized carbons (Fsp3) is 0.407. The first-order valence-corrected chi connectivity index (χ1v) is 10.6. The van der Waals surface area contributed by atoms with Crippen LogP contribution in [0.3, 0.4) is 0 Å². The number of anilines is 3. The Labute approximate surface area is 176 Å². The Morgan fingerprint density at radius 2 is 1.21 bits per heavy atom. The summed E-state index contributed by atoms with van der Waals surface area (Å²) in [5.41, 5.74) is 9.46. The summed E-state index contributed by atoms with van der Waals surface area (Å²) in [6, 6.07) is 16.2. The highest BCUT2D eigenvalue weighted by atomic mass is 15.2. The summed E-state index contributed by atoms with van der Waals surface area (Å²) in [5.74, 6) is 0. The van der Waals surface area contributed by atoms with Gasteiger partial charge in [-0.1, -0.05) is 79.7 Å². The van der Waals surface area contributed by atoms with E-state index in [4.69, 9.17) is 0 Å². The Kier molecular flexibility index (Phi) is 4.28. The van der Waals surface area contributed by atoms with E-state index in [2.05, 4.69) is 114 Å². The Hall–Kier alpha value is -2.48. The third-order valence-corrected chi connectivity index (χ3v) is 6.39. The molecule has 0 bridgehead atoms. The first-order chi connectivity index (χ1) is 13.4. The van der Waals surface area contributed by atoms with Crippen LogP contribution in [-0.2, 0) is 16.2 Å². The standard InChI is InChI=1S/C27H34N2/c1-25(2,3)18-9-11-23-21(15-18)27(7,8)22-16-19(26(4,5)6)10-12-24(22)29(23)20-13-14-28-17-20/h9-17,28H,1-8H3. The van der Waals surface area contributed by atoms with Gasteiger partial charge in [-0.15, -0.1) is 0 Å². The Bertz CT molecular complexity index is 974. The molecule has 0 aliphatic carbocycles. The van der Waals surface area contributed by atoms with E-state index in [0.717, 1.165) is 0 Å². The van der Waals surface area contributed by atoms with E-state index in [-0.39, 0.29) is 16.2 Å². The molecular weight excluding hydrogens is 352 g/mol. The molecule has 0 saturated heterocycles. The molecule has 0 radical (unpaired) electrons. The lowest BCUT2D eigenvalue weighted by Crippen LogP contribution is -2.32. The van der Waals surface area contributed by atoms with E-state index < -0.39 is 0 Å². The monoisotopic (exact) mass is 386 g/mol. The van der Waals surface area contributed by atoms with Gasteiger partial charge in [-0.2, -0.15) is 0 Å². The fourth-order valence-electron chi connectivity index (χ4n) is 4.40. The molecular formula is C27H34N2. The van der Waals surface area contributed by atoms with Crippen molar-refractivity contribution in [3.8, 4) is 0 Å². The number of aromatic nitrogens is 1. The average Bonchev–Trinajstić information content (AvgIpc) is 3.14. The number of nitrogens with zero attached hydrogens (tertiary/aromatic N) is 1. The smallest absolute Gasteiger partial charge is 0.0636 e. The Balaban J connectivity index is 2.02. The molecule has 0 unspecified atom stereocenters. The highest BCUT2D eigenvalue weighted by Gasteiger charge is 2.38. The van der Waals surface area contributed by atoms with Crippen LogP contribution in [0.4, 0.5) is 17.1 Å². The van der Waals surface area contributed by atoms with Gasteiger partial charge >= 0.3 is 0 Å². The minimum absolute atomic E-state index is 0.0695. The van der Waals surface area contributed by atoms with Gasteiger partial charge in [-0.25, -0.2) is 0 Å². The highest BCUT2D eigenvalue weighted by Crippen LogP contribution is 2.53. The van der Waals surface area contributed by atoms with E-state index >= 15 is 0 Å². The van der Waals surface area contributed by atoms with Crippen molar-refractivity contribution in [2.45, 2.75) is 71.6 Å². The lowest BCUT2D eigenvalue weighted by atomic mass is 9.70. The van der Waals surface area contributed by atoms with Gasteiger partial charge in [0.15, 0.2) is 0 Å². The van der Waals surface area contributed by atoms with E-state index in [9.17, 15) is 0 Å². The maximum atomic E-state index is 3.24. The number of rotatable bonds is 1. The molecule has 0 amide bonds. The zero-order valence-electron chi connectivity index (χ0n) is 19.1. The van der Waals surface area contributed by atoms with Crippen molar-refractivity contribution in [2.24, 2.45) is 0 Å². The van der Waals surface area contributed by atoms with Crippen molar-refractivity contribution >= 4 is 17.1 Å². The summed E-state index contributed by atoms with van der Waals surface area (Å²) >= 11 is 0. The second-order valence-corrected chi connectivity index (χ2v) is 11.0. The van der Waals surface area contributed by atoms with Crippen molar-refractivity contribution in [2.75, 3.05) is 4.90 Å². The molecule has 0 atom stereocenters. The van der Waals surface area contributed by atoms with Crippen LogP contribution in [0.5, 0.6) is 0 Å². The molecule has 2 aromatic carbocycles. The summed E-state index contributed by atoms with van der Waals surface area (Å²) in [7, 11) is 0. The lowest BCUT2D eigenvalue weighted by molar-refractivity contribution is 0.573. The van der Waals surface area contributed by atoms with Gasteiger partial charge in [-0.05, 0) is 51.3 Å². The van der Waals surface area contributed by atoms with Gasteiger partial charge in [-0.3, -0.25) is 0 Å². The second kappa shape index (κ2) is 6.26. The van der Waals surface area contributed by atoms with Crippen molar-refractivity contribution < 1.29 is 0 Å². The van der Waals surface area contributed by atoms with Gasteiger partial charge in [0, 0.05) is 17.8 Å². The molecule has 152 valence electrons. The van der Waals surface area contributed by atoms with Crippen LogP contribution < -0.4 is 4.90 Å². The second-order valence-electron chi connectivity index (χ2n) is 11.0. The Morgan fingerprint density at radius 3 is 1.59 bits per heavy atom. The van der Waals surface area contributed by atoms with Gasteiger partial charge < -0.3 is 9.88 Å². The highest BCUT2D eigenvalue weighted by molar-refractivity contribution is 5.86. The summed E-state index contributed by atoms with van der Waals surface area (Å²) in [5, 5.41) is 0. The molecule has 1 aromatic heterocycles. The van der Waals surface area contributed by atoms with Crippen LogP contribution >= 0.6 is 0 Å². The van der Waals surface area contributed by atoms with Crippen LogP contribution in [0.2, 0.25) is 0 Å². The van der Waals surface area contributed by atoms with Crippen LogP contribution in [0.1, 0.15) is 77.6 Å². The third-order valence-electron chi connectivity index (χ3n) is 6.39. The zero-order chi connectivity index (χ0) is 21.2. The van der Waals surface area contributed by atoms with Crippen molar-refractivity contribution in [1.82, 2.24) is 4.98 Å². The van der Waals surface area contributed by atoms with E-state index in [1.807, 2.05) is 6.20 Å². The molecule has 0 saturated carbocycles. The van der Waals surface area contributed by atoms with Crippen molar-refractivity contribution in [3.05, 3.63) is 77.1 Å². The molecule has 2 nitrogen and oxygen atoms in total. The molecule has 4 rings (SSSR count). The molecule has 1 N–H and O–H groups in total. The first-order valence-electron chi connectivity index (χ1n) is 10.6. The molecule has 1 aliphatic heterocycles. The number of nitrogens with one attached hydrogen (secondary N) is 1. The van der Waals surface area contributed by atoms with Crippen molar-refractivity contribution in [3.63, 3.8) is 0 Å². The zero-order valence-corrected chi connectivity index (χ0v) is 19.1. The minimum Gasteiger partial charge on any atom is -0.366 e. The summed E-state index contributed by atoms with van der Waals surface area (Å²) in [4.78, 5) is 5.65. The number of hydrogen-bond acceptors (Lipinski definition) is 1. The van der Waals surface area contributed by atoms with E-state index in [1.54, 1.807) is 0 Å². The molecule has 1 aliphatic rings. The maximum absolute atomic E-state index is 3.24. The number of fused-ring (bicyclic) bond motifs is 2. The number of benzene rings is 2. The molecule has 2 heteroatoms. The molecule has 0 spiro atoms. The van der Waals surface area contributed by atoms with Gasteiger partial charge in [0.2, 0.25) is 0 Å². The summed E-state index contributed by atoms with van der Waals surface area (Å²) in [6.45, 7) is 18.5. The molecule has 3 aromatic rings. The van der Waals surface area contributed by atoms with Gasteiger partial charge in [0.05, 0.1) is 17.1 Å². The van der Waals surface area contributed by atoms with Crippen LogP contribution in [0.15, 0.2) is 54.9 Å². The summed E-state index contributed by atoms with van der Waals surface area (Å²) in [6.07, 6.45) is 4.09. The average molecular weight is 387 g/mol. The normalized spacial score (nSPS) is 15.8. The predicted octanol–water partition coefficient (Wildman–Crippen LogP) is 7.72. The van der Waals surface area contributed by atoms with Crippen LogP contribution in [0, 0.1) is 0 Å². The largest absolute Gasteiger partial charge is 0.366 e. The van der Waals surface area contributed by atoms with Gasteiger partial charge in [0.1, 0.15) is 0 Å². The van der Waals surface area contributed by atoms with E-state index in [1.165, 1.54) is 39.3 Å². The SMILES string of the molecule is CC(C)(C)c1ccc2c(c1)C(C)(C)c1cc(C(C)(C)C)ccc1N2c1cc[nH]c1. The minimum atomic E-state index is -0.0695. The molecule has 29 heavy (non-hydrogen) atoms. The fourth-order valence-corrected chi connectivity index (χ4v) is 4.40. The van der Waals surface area contributed by atoms with Crippen LogP contribution in [0.25, 0.3) is 0 Å². The first kappa shape index (κ1) is 19.8. The maximum Gasteiger partial charge on any atom is 0.0636 e. The lowest BCUT2D eigenvalue weighted by Gasteiger charge is -2.43. The van der Waals surface area contributed by atoms with E-state index in [0.29, 0.717) is 0 Å². The topological polar surface area (TPSA) is 19.0 Å². The van der Waals surface area contributed by atoms with Crippen LogP contribution in [-0.4, -0.2) is 4.98 Å². The third kappa shape index (κ3) is 3.19. The summed E-state index contributed by atoms with van der Waals surface area (Å²) < 4.78 is 0. The predicted molar refractivity (Wildman–Crippen MR) is 125 cm³/mol. The van der Waals surface area contributed by atoms with Gasteiger partial charge in [0.25, 0.3) is 0 Å². The number of H-pyrrole nitrogens is 1. The van der Waals surface area contributed by atoms with Crippen molar-refractivity contribution in [1.29, 1.82) is 0 Å². The number of aromatic amines is 1.